The Kier molecular flexibility index (Phi) is 9.93. The largest absolute Gasteiger partial charge is 0.484 e. The summed E-state index contributed by atoms with van der Waals surface area (Å²) in [6.07, 6.45) is 6.11. The summed E-state index contributed by atoms with van der Waals surface area (Å²) >= 11 is 6.31. The molecule has 0 spiro atoms. The molecule has 2 aromatic heterocycles. The fourth-order valence-corrected chi connectivity index (χ4v) is 5.56. The number of carbonyl (C=O) groups is 1. The van der Waals surface area contributed by atoms with Crippen molar-refractivity contribution < 1.29 is 17.9 Å². The molecule has 3 aromatic rings. The molecule has 1 aromatic carbocycles. The van der Waals surface area contributed by atoms with E-state index in [0.717, 1.165) is 31.4 Å². The topological polar surface area (TPSA) is 130 Å². The van der Waals surface area contributed by atoms with Gasteiger partial charge in [-0.05, 0) is 51.5 Å². The van der Waals surface area contributed by atoms with E-state index in [1.807, 2.05) is 34.6 Å². The lowest BCUT2D eigenvalue weighted by Gasteiger charge is -2.40. The monoisotopic (exact) mass is 580 g/mol. The third-order valence-electron chi connectivity index (χ3n) is 7.31. The van der Waals surface area contributed by atoms with Gasteiger partial charge in [-0.3, -0.25) is 14.6 Å². The third kappa shape index (κ3) is 7.66. The molecule has 0 fully saturated rings. The standard InChI is InChI=1S/C27H41ClN6O4S/c1-7-8-9-10-11-12-17-39(36,37)33-20-13-15-21(16-14-20)38-18-22(35)29-27(5,6)26(3,4)25-31-30-24-23(28)19(2)32-34(24)25/h13-16,32-33H,7-12,17-18H2,1-6H3,(H,29,35). The summed E-state index contributed by atoms with van der Waals surface area (Å²) in [5.41, 5.74) is 0.429. The minimum Gasteiger partial charge on any atom is -0.484 e. The number of benzene rings is 1. The molecule has 10 nitrogen and oxygen atoms in total. The Balaban J connectivity index is 1.52. The van der Waals surface area contributed by atoms with Gasteiger partial charge < -0.3 is 10.1 Å². The highest BCUT2D eigenvalue weighted by Crippen LogP contribution is 2.35. The summed E-state index contributed by atoms with van der Waals surface area (Å²) in [6, 6.07) is 6.52. The van der Waals surface area contributed by atoms with Crippen LogP contribution in [0.2, 0.25) is 5.02 Å². The highest BCUT2D eigenvalue weighted by atomic mass is 35.5. The minimum atomic E-state index is -3.41. The molecule has 3 N–H and O–H groups in total. The number of fused-ring (bicyclic) bond motifs is 1. The van der Waals surface area contributed by atoms with E-state index >= 15 is 0 Å². The molecule has 2 heterocycles. The summed E-state index contributed by atoms with van der Waals surface area (Å²) in [7, 11) is -3.41. The van der Waals surface area contributed by atoms with Crippen LogP contribution in [0.5, 0.6) is 5.75 Å². The first-order chi connectivity index (χ1) is 18.3. The number of rotatable bonds is 15. The number of ether oxygens (including phenoxy) is 1. The molecule has 0 aliphatic carbocycles. The van der Waals surface area contributed by atoms with E-state index < -0.39 is 21.0 Å². The fourth-order valence-electron chi connectivity index (χ4n) is 4.21. The van der Waals surface area contributed by atoms with E-state index in [2.05, 4.69) is 32.3 Å². The summed E-state index contributed by atoms with van der Waals surface area (Å²) in [5, 5.41) is 15.2. The third-order valence-corrected chi connectivity index (χ3v) is 9.13. The van der Waals surface area contributed by atoms with Crippen LogP contribution < -0.4 is 14.8 Å². The van der Waals surface area contributed by atoms with E-state index in [0.29, 0.717) is 34.4 Å². The number of sulfonamides is 1. The first-order valence-corrected chi connectivity index (χ1v) is 15.4. The predicted molar refractivity (Wildman–Crippen MR) is 155 cm³/mol. The second-order valence-corrected chi connectivity index (χ2v) is 13.3. The van der Waals surface area contributed by atoms with Gasteiger partial charge >= 0.3 is 0 Å². The van der Waals surface area contributed by atoms with Crippen molar-refractivity contribution in [1.29, 1.82) is 0 Å². The maximum absolute atomic E-state index is 12.8. The van der Waals surface area contributed by atoms with Gasteiger partial charge in [0.25, 0.3) is 5.91 Å². The van der Waals surface area contributed by atoms with Crippen LogP contribution in [0.15, 0.2) is 24.3 Å². The Labute approximate surface area is 236 Å². The summed E-state index contributed by atoms with van der Waals surface area (Å²) in [6.45, 7) is 11.6. The molecular weight excluding hydrogens is 540 g/mol. The zero-order valence-electron chi connectivity index (χ0n) is 23.7. The lowest BCUT2D eigenvalue weighted by molar-refractivity contribution is -0.125. The van der Waals surface area contributed by atoms with E-state index in [1.54, 1.807) is 28.8 Å². The number of unbranched alkanes of at least 4 members (excludes halogenated alkanes) is 5. The van der Waals surface area contributed by atoms with Gasteiger partial charge in [-0.2, -0.15) is 0 Å². The highest BCUT2D eigenvalue weighted by molar-refractivity contribution is 7.92. The van der Waals surface area contributed by atoms with Crippen LogP contribution in [0.25, 0.3) is 5.65 Å². The number of aromatic nitrogens is 4. The number of nitrogens with one attached hydrogen (secondary N) is 3. The number of halogens is 1. The van der Waals surface area contributed by atoms with Crippen LogP contribution in [0.4, 0.5) is 5.69 Å². The Morgan fingerprint density at radius 3 is 2.36 bits per heavy atom. The van der Waals surface area contributed by atoms with Crippen LogP contribution in [-0.4, -0.2) is 52.0 Å². The van der Waals surface area contributed by atoms with Crippen molar-refractivity contribution in [3.8, 4) is 5.75 Å². The molecule has 0 radical (unpaired) electrons. The number of nitrogens with zero attached hydrogens (tertiary/aromatic N) is 3. The number of hydrogen-bond acceptors (Lipinski definition) is 6. The van der Waals surface area contributed by atoms with Crippen LogP contribution in [-0.2, 0) is 20.2 Å². The molecule has 216 valence electrons. The van der Waals surface area contributed by atoms with Gasteiger partial charge in [0.1, 0.15) is 10.8 Å². The Morgan fingerprint density at radius 2 is 1.69 bits per heavy atom. The van der Waals surface area contributed by atoms with Gasteiger partial charge in [0.05, 0.1) is 11.4 Å². The Morgan fingerprint density at radius 1 is 1.05 bits per heavy atom. The van der Waals surface area contributed by atoms with Gasteiger partial charge in [-0.1, -0.05) is 64.5 Å². The summed E-state index contributed by atoms with van der Waals surface area (Å²) in [5.74, 6) is 0.879. The first kappa shape index (κ1) is 30.7. The van der Waals surface area contributed by atoms with Crippen molar-refractivity contribution >= 4 is 38.9 Å². The van der Waals surface area contributed by atoms with Gasteiger partial charge in [0.15, 0.2) is 18.1 Å². The Bertz CT molecular complexity index is 1360. The number of hydrogen-bond donors (Lipinski definition) is 3. The van der Waals surface area contributed by atoms with Crippen molar-refractivity contribution in [2.75, 3.05) is 17.1 Å². The molecule has 39 heavy (non-hydrogen) atoms. The average molecular weight is 581 g/mol. The number of carbonyl (C=O) groups excluding carboxylic acids is 1. The van der Waals surface area contributed by atoms with Crippen molar-refractivity contribution in [3.05, 3.63) is 40.8 Å². The molecule has 0 bridgehead atoms. The molecule has 0 saturated carbocycles. The lowest BCUT2D eigenvalue weighted by atomic mass is 9.73. The lowest BCUT2D eigenvalue weighted by Crippen LogP contribution is -2.57. The first-order valence-electron chi connectivity index (χ1n) is 13.4. The number of H-pyrrole nitrogens is 1. The Hall–Kier alpha value is -2.79. The van der Waals surface area contributed by atoms with E-state index in [4.69, 9.17) is 16.3 Å². The molecule has 0 saturated heterocycles. The van der Waals surface area contributed by atoms with E-state index in [1.165, 1.54) is 6.42 Å². The normalized spacial score (nSPS) is 12.6. The smallest absolute Gasteiger partial charge is 0.258 e. The second-order valence-electron chi connectivity index (χ2n) is 11.0. The molecular formula is C27H41ClN6O4S. The van der Waals surface area contributed by atoms with Crippen molar-refractivity contribution in [2.24, 2.45) is 0 Å². The zero-order valence-corrected chi connectivity index (χ0v) is 25.3. The molecule has 3 rings (SSSR count). The van der Waals surface area contributed by atoms with Crippen LogP contribution >= 0.6 is 11.6 Å². The molecule has 0 unspecified atom stereocenters. The van der Waals surface area contributed by atoms with Gasteiger partial charge in [0.2, 0.25) is 10.0 Å². The number of anilines is 1. The quantitative estimate of drug-likeness (QED) is 0.207. The maximum atomic E-state index is 12.8. The second kappa shape index (κ2) is 12.6. The molecule has 12 heteroatoms. The van der Waals surface area contributed by atoms with E-state index in [9.17, 15) is 13.2 Å². The zero-order chi connectivity index (χ0) is 28.8. The van der Waals surface area contributed by atoms with Crippen molar-refractivity contribution in [3.63, 3.8) is 0 Å². The van der Waals surface area contributed by atoms with Crippen molar-refractivity contribution in [2.45, 2.75) is 91.0 Å². The van der Waals surface area contributed by atoms with Gasteiger partial charge in [-0.15, -0.1) is 10.2 Å². The predicted octanol–water partition coefficient (Wildman–Crippen LogP) is 5.37. The van der Waals surface area contributed by atoms with Crippen molar-refractivity contribution in [1.82, 2.24) is 25.1 Å². The SMILES string of the molecule is CCCCCCCCS(=O)(=O)Nc1ccc(OCC(=O)NC(C)(C)C(C)(C)c2nnc3c(Cl)c(C)[nH]n23)cc1. The number of aromatic amines is 1. The minimum absolute atomic E-state index is 0.0977. The number of amides is 1. The van der Waals surface area contributed by atoms with Gasteiger partial charge in [0, 0.05) is 16.6 Å². The molecule has 0 atom stereocenters. The molecule has 0 aliphatic heterocycles. The molecule has 0 aliphatic rings. The average Bonchev–Trinajstić information content (AvgIpc) is 3.40. The van der Waals surface area contributed by atoms with Crippen LogP contribution in [0, 0.1) is 6.92 Å². The van der Waals surface area contributed by atoms with Crippen LogP contribution in [0.3, 0.4) is 0 Å². The summed E-state index contributed by atoms with van der Waals surface area (Å²) in [4.78, 5) is 12.8. The molecule has 1 amide bonds. The highest BCUT2D eigenvalue weighted by Gasteiger charge is 2.43. The van der Waals surface area contributed by atoms with Gasteiger partial charge in [-0.25, -0.2) is 12.9 Å². The van der Waals surface area contributed by atoms with E-state index in [-0.39, 0.29) is 18.3 Å². The number of aryl methyl sites for hydroxylation is 1. The van der Waals surface area contributed by atoms with Crippen LogP contribution in [0.1, 0.15) is 84.7 Å². The summed E-state index contributed by atoms with van der Waals surface area (Å²) < 4.78 is 34.7. The maximum Gasteiger partial charge on any atom is 0.258 e. The fraction of sp³-hybridized carbons (Fsp3) is 0.593.